The summed E-state index contributed by atoms with van der Waals surface area (Å²) in [6.45, 7) is 6.01. The number of aryl methyl sites for hydroxylation is 1. The first-order valence-electron chi connectivity index (χ1n) is 16.3. The highest BCUT2D eigenvalue weighted by atomic mass is 32.1. The van der Waals surface area contributed by atoms with E-state index < -0.39 is 17.4 Å². The number of morpholine rings is 1. The van der Waals surface area contributed by atoms with Gasteiger partial charge in [0.15, 0.2) is 5.78 Å². The molecule has 1 aliphatic carbocycles. The van der Waals surface area contributed by atoms with Crippen molar-refractivity contribution in [2.24, 2.45) is 11.5 Å². The van der Waals surface area contributed by atoms with Gasteiger partial charge in [-0.1, -0.05) is 30.3 Å². The number of ketones is 1. The summed E-state index contributed by atoms with van der Waals surface area (Å²) in [5.41, 5.74) is 21.6. The van der Waals surface area contributed by atoms with Gasteiger partial charge in [-0.3, -0.25) is 19.3 Å². The molecule has 4 aromatic rings. The molecule has 7 N–H and O–H groups in total. The minimum Gasteiger partial charge on any atom is -0.457 e. The number of amides is 2. The van der Waals surface area contributed by atoms with Crippen LogP contribution in [-0.4, -0.2) is 79.4 Å². The molecule has 1 aromatic heterocycles. The predicted octanol–water partition coefficient (Wildman–Crippen LogP) is 3.42. The minimum absolute atomic E-state index is 0.0482. The molecule has 0 spiro atoms. The molecule has 7 rings (SSSR count). The number of piperidine rings is 1. The number of para-hydroxylation sites is 1. The maximum Gasteiger partial charge on any atom is 0.262 e. The fraction of sp³-hybridized carbons (Fsp3) is 0.361. The second kappa shape index (κ2) is 12.9. The zero-order valence-electron chi connectivity index (χ0n) is 26.9. The summed E-state index contributed by atoms with van der Waals surface area (Å²) in [5, 5.41) is 3.78. The first-order valence-corrected chi connectivity index (χ1v) is 17.1. The van der Waals surface area contributed by atoms with Gasteiger partial charge in [0, 0.05) is 48.9 Å². The maximum atomic E-state index is 14.3. The Morgan fingerprint density at radius 2 is 1.79 bits per heavy atom. The van der Waals surface area contributed by atoms with Crippen molar-refractivity contribution in [3.05, 3.63) is 87.8 Å². The van der Waals surface area contributed by atoms with Crippen molar-refractivity contribution in [3.8, 4) is 11.5 Å². The zero-order valence-corrected chi connectivity index (χ0v) is 27.7. The average Bonchev–Trinajstić information content (AvgIpc) is 3.50. The number of hydrogen-bond acceptors (Lipinski definition) is 10. The number of ether oxygens (including phenoxy) is 2. The Morgan fingerprint density at radius 3 is 2.54 bits per heavy atom. The van der Waals surface area contributed by atoms with Gasteiger partial charge >= 0.3 is 0 Å². The fourth-order valence-electron chi connectivity index (χ4n) is 7.22. The van der Waals surface area contributed by atoms with Crippen molar-refractivity contribution in [3.63, 3.8) is 0 Å². The van der Waals surface area contributed by atoms with Gasteiger partial charge in [0.1, 0.15) is 17.0 Å². The number of Topliss-reactive ketones (excluding diaryl/α,β-unsaturated/α-hetero) is 1. The number of hydrogen-bond donors (Lipinski definition) is 4. The van der Waals surface area contributed by atoms with E-state index in [1.54, 1.807) is 24.3 Å². The maximum absolute atomic E-state index is 14.3. The Bertz CT molecular complexity index is 1890. The normalized spacial score (nSPS) is 22.9. The average molecular weight is 669 g/mol. The molecule has 0 bridgehead atoms. The van der Waals surface area contributed by atoms with Crippen LogP contribution in [0.15, 0.2) is 60.7 Å². The van der Waals surface area contributed by atoms with Gasteiger partial charge in [-0.05, 0) is 66.8 Å². The third-order valence-corrected chi connectivity index (χ3v) is 10.9. The Labute approximate surface area is 282 Å². The van der Waals surface area contributed by atoms with Crippen molar-refractivity contribution in [1.82, 2.24) is 15.1 Å². The molecule has 12 heteroatoms. The lowest BCUT2D eigenvalue weighted by molar-refractivity contribution is -0.134. The van der Waals surface area contributed by atoms with E-state index in [1.807, 2.05) is 48.2 Å². The quantitative estimate of drug-likeness (QED) is 0.216. The van der Waals surface area contributed by atoms with Crippen molar-refractivity contribution in [2.45, 2.75) is 37.4 Å². The number of thiophene rings is 1. The largest absolute Gasteiger partial charge is 0.457 e. The van der Waals surface area contributed by atoms with Crippen LogP contribution in [0.4, 0.5) is 5.69 Å². The molecule has 2 amide bonds. The SMILES string of the molecule is Cc1cc(Oc2ccccc2)ccc1C1(N)C(=O)C(N)c2c(C(=O)NC3CCCN(C(=O)CN4CCOCC4)C3)sc3c(N)ccc1c23. The molecule has 2 saturated heterocycles. The van der Waals surface area contributed by atoms with Crippen LogP contribution in [0.3, 0.4) is 0 Å². The third-order valence-electron chi connectivity index (χ3n) is 9.69. The number of carbonyl (C=O) groups is 3. The number of nitrogens with zero attached hydrogens (tertiary/aromatic N) is 2. The van der Waals surface area contributed by atoms with Crippen LogP contribution >= 0.6 is 11.3 Å². The van der Waals surface area contributed by atoms with Gasteiger partial charge in [0.25, 0.3) is 5.91 Å². The number of nitrogen functional groups attached to an aromatic ring is 1. The first-order chi connectivity index (χ1) is 23.1. The van der Waals surface area contributed by atoms with Crippen molar-refractivity contribution in [2.75, 3.05) is 51.7 Å². The van der Waals surface area contributed by atoms with E-state index in [-0.39, 0.29) is 17.9 Å². The number of rotatable bonds is 7. The van der Waals surface area contributed by atoms with E-state index in [2.05, 4.69) is 10.2 Å². The molecule has 2 aliphatic heterocycles. The van der Waals surface area contributed by atoms with E-state index in [4.69, 9.17) is 26.7 Å². The van der Waals surface area contributed by atoms with Crippen LogP contribution in [0.2, 0.25) is 0 Å². The number of benzene rings is 3. The Balaban J connectivity index is 1.17. The third kappa shape index (κ3) is 5.73. The molecular formula is C36H40N6O5S. The Morgan fingerprint density at radius 1 is 1.04 bits per heavy atom. The summed E-state index contributed by atoms with van der Waals surface area (Å²) in [6, 6.07) is 17.0. The number of likely N-dealkylation sites (tertiary alicyclic amines) is 1. The van der Waals surface area contributed by atoms with E-state index in [9.17, 15) is 14.4 Å². The lowest BCUT2D eigenvalue weighted by atomic mass is 9.69. The summed E-state index contributed by atoms with van der Waals surface area (Å²) >= 11 is 1.22. The van der Waals surface area contributed by atoms with Crippen LogP contribution in [0.5, 0.6) is 11.5 Å². The number of nitrogens with two attached hydrogens (primary N) is 3. The second-order valence-corrected chi connectivity index (χ2v) is 13.9. The molecule has 3 aliphatic rings. The highest BCUT2D eigenvalue weighted by molar-refractivity contribution is 7.21. The highest BCUT2D eigenvalue weighted by Crippen LogP contribution is 2.50. The van der Waals surface area contributed by atoms with Crippen LogP contribution in [0, 0.1) is 6.92 Å². The van der Waals surface area contributed by atoms with Crippen LogP contribution < -0.4 is 27.3 Å². The summed E-state index contributed by atoms with van der Waals surface area (Å²) in [4.78, 5) is 45.6. The van der Waals surface area contributed by atoms with Crippen molar-refractivity contribution >= 4 is 44.7 Å². The van der Waals surface area contributed by atoms with Crippen LogP contribution in [0.25, 0.3) is 10.1 Å². The van der Waals surface area contributed by atoms with Crippen LogP contribution in [0.1, 0.15) is 50.8 Å². The van der Waals surface area contributed by atoms with Crippen LogP contribution in [-0.2, 0) is 19.9 Å². The van der Waals surface area contributed by atoms with E-state index >= 15 is 0 Å². The lowest BCUT2D eigenvalue weighted by Gasteiger charge is -2.37. The van der Waals surface area contributed by atoms with E-state index in [1.165, 1.54) is 11.3 Å². The molecule has 3 atom stereocenters. The Hall–Kier alpha value is -4.33. The van der Waals surface area contributed by atoms with E-state index in [0.717, 1.165) is 31.5 Å². The van der Waals surface area contributed by atoms with Crippen molar-refractivity contribution < 1.29 is 23.9 Å². The van der Waals surface area contributed by atoms with Gasteiger partial charge in [0.2, 0.25) is 5.91 Å². The molecule has 3 heterocycles. The lowest BCUT2D eigenvalue weighted by Crippen LogP contribution is -2.53. The summed E-state index contributed by atoms with van der Waals surface area (Å²) in [5.74, 6) is 0.603. The molecule has 250 valence electrons. The summed E-state index contributed by atoms with van der Waals surface area (Å²) < 4.78 is 12.1. The summed E-state index contributed by atoms with van der Waals surface area (Å²) in [7, 11) is 0. The summed E-state index contributed by atoms with van der Waals surface area (Å²) in [6.07, 6.45) is 1.51. The highest BCUT2D eigenvalue weighted by Gasteiger charge is 2.49. The topological polar surface area (TPSA) is 166 Å². The minimum atomic E-state index is -1.58. The number of carbonyl (C=O) groups excluding carboxylic acids is 3. The van der Waals surface area contributed by atoms with Gasteiger partial charge in [0.05, 0.1) is 35.4 Å². The fourth-order valence-corrected chi connectivity index (χ4v) is 8.42. The van der Waals surface area contributed by atoms with E-state index in [0.29, 0.717) is 81.7 Å². The Kier molecular flexibility index (Phi) is 8.69. The molecule has 3 aromatic carbocycles. The molecule has 3 unspecified atom stereocenters. The molecule has 0 radical (unpaired) electrons. The molecule has 0 saturated carbocycles. The monoisotopic (exact) mass is 668 g/mol. The van der Waals surface area contributed by atoms with Gasteiger partial charge in [-0.25, -0.2) is 0 Å². The van der Waals surface area contributed by atoms with Gasteiger partial charge < -0.3 is 36.9 Å². The van der Waals surface area contributed by atoms with Gasteiger partial charge in [-0.2, -0.15) is 0 Å². The standard InChI is InChI=1S/C36H40N6O5S/c1-21-18-24(47-23-7-3-2-4-8-23)9-10-25(21)36(39)26-11-12-27(37)32-29(26)30(31(38)34(36)44)33(48-32)35(45)40-22-6-5-13-42(19-22)28(43)20-41-14-16-46-17-15-41/h2-4,7-12,18,22,31H,5-6,13-17,19-20,37-39H2,1H3,(H,40,45). The zero-order chi connectivity index (χ0) is 33.6. The van der Waals surface area contributed by atoms with Crippen molar-refractivity contribution in [1.29, 1.82) is 0 Å². The molecule has 11 nitrogen and oxygen atoms in total. The molecule has 2 fully saturated rings. The number of anilines is 1. The van der Waals surface area contributed by atoms with Gasteiger partial charge in [-0.15, -0.1) is 11.3 Å². The second-order valence-electron chi connectivity index (χ2n) is 12.8. The molecule has 48 heavy (non-hydrogen) atoms. The molecular weight excluding hydrogens is 629 g/mol. The first kappa shape index (κ1) is 32.2. The number of nitrogens with one attached hydrogen (secondary N) is 1. The smallest absolute Gasteiger partial charge is 0.262 e. The predicted molar refractivity (Wildman–Crippen MR) is 185 cm³/mol.